The number of fused-ring (bicyclic) bond motifs is 5. The van der Waals surface area contributed by atoms with Gasteiger partial charge in [-0.05, 0) is 117 Å². The van der Waals surface area contributed by atoms with E-state index in [0.29, 0.717) is 17.0 Å². The molecule has 0 radical (unpaired) electrons. The molecule has 2 unspecified atom stereocenters. The van der Waals surface area contributed by atoms with E-state index in [2.05, 4.69) is 26.0 Å². The van der Waals surface area contributed by atoms with Gasteiger partial charge < -0.3 is 14.3 Å². The Labute approximate surface area is 223 Å². The minimum Gasteiger partial charge on any atom is -0.455 e. The van der Waals surface area contributed by atoms with Gasteiger partial charge in [-0.3, -0.25) is 0 Å². The number of esters is 1. The van der Waals surface area contributed by atoms with Crippen molar-refractivity contribution in [2.45, 2.75) is 82.8 Å². The number of benzene rings is 1. The number of carbonyl (C=O) groups is 1. The maximum Gasteiger partial charge on any atom is 0.338 e. The molecule has 4 aliphatic carbocycles. The van der Waals surface area contributed by atoms with Gasteiger partial charge in [-0.1, -0.05) is 19.4 Å². The van der Waals surface area contributed by atoms with Crippen molar-refractivity contribution in [2.75, 3.05) is 0 Å². The van der Waals surface area contributed by atoms with Crippen LogP contribution in [0.1, 0.15) is 92.6 Å². The molecule has 6 rings (SSSR count). The number of ether oxygens (including phenoxy) is 1. The first-order chi connectivity index (χ1) is 18.2. The van der Waals surface area contributed by atoms with Crippen LogP contribution in [0, 0.1) is 34.0 Å². The lowest BCUT2D eigenvalue weighted by Crippen LogP contribution is -2.60. The van der Waals surface area contributed by atoms with Gasteiger partial charge in [0, 0.05) is 11.5 Å². The lowest BCUT2D eigenvalue weighted by Gasteiger charge is -2.61. The van der Waals surface area contributed by atoms with Crippen molar-refractivity contribution in [3.05, 3.63) is 81.4 Å². The van der Waals surface area contributed by atoms with E-state index in [0.717, 1.165) is 56.9 Å². The van der Waals surface area contributed by atoms with Gasteiger partial charge in [0.05, 0.1) is 29.1 Å². The second-order valence-electron chi connectivity index (χ2n) is 12.4. The number of nitriles is 1. The number of hydrogen-bond acceptors (Lipinski definition) is 6. The Morgan fingerprint density at radius 3 is 2.53 bits per heavy atom. The zero-order chi connectivity index (χ0) is 26.7. The monoisotopic (exact) mass is 513 g/mol. The Kier molecular flexibility index (Phi) is 5.92. The number of aliphatic hydroxyl groups is 1. The lowest BCUT2D eigenvalue weighted by molar-refractivity contribution is -0.178. The van der Waals surface area contributed by atoms with Gasteiger partial charge >= 0.3 is 11.6 Å². The average Bonchev–Trinajstić information content (AvgIpc) is 3.20. The molecule has 0 amide bonds. The van der Waals surface area contributed by atoms with Crippen LogP contribution in [0.25, 0.3) is 0 Å². The molecule has 38 heavy (non-hydrogen) atoms. The van der Waals surface area contributed by atoms with Gasteiger partial charge in [-0.25, -0.2) is 9.59 Å². The zero-order valence-electron chi connectivity index (χ0n) is 22.1. The minimum atomic E-state index is -0.746. The Morgan fingerprint density at radius 2 is 1.82 bits per heavy atom. The number of rotatable bonds is 3. The summed E-state index contributed by atoms with van der Waals surface area (Å²) in [6, 6.07) is 12.0. The molecule has 4 aliphatic rings. The van der Waals surface area contributed by atoms with Crippen LogP contribution in [0.3, 0.4) is 0 Å². The van der Waals surface area contributed by atoms with Crippen molar-refractivity contribution in [1.29, 1.82) is 5.26 Å². The summed E-state index contributed by atoms with van der Waals surface area (Å²) in [5.74, 6) is 0.440. The highest BCUT2D eigenvalue weighted by Gasteiger charge is 2.66. The van der Waals surface area contributed by atoms with Gasteiger partial charge in [0.2, 0.25) is 0 Å². The molecule has 1 aromatic heterocycles. The van der Waals surface area contributed by atoms with Crippen molar-refractivity contribution < 1.29 is 19.1 Å². The largest absolute Gasteiger partial charge is 0.455 e. The first kappa shape index (κ1) is 25.1. The van der Waals surface area contributed by atoms with Crippen LogP contribution in [0.5, 0.6) is 0 Å². The second kappa shape index (κ2) is 8.95. The van der Waals surface area contributed by atoms with Crippen molar-refractivity contribution in [3.8, 4) is 6.07 Å². The molecule has 0 bridgehead atoms. The van der Waals surface area contributed by atoms with E-state index in [1.165, 1.54) is 11.6 Å². The normalized spacial score (nSPS) is 37.7. The molecule has 2 aromatic rings. The molecule has 1 N–H and O–H groups in total. The summed E-state index contributed by atoms with van der Waals surface area (Å²) in [4.78, 5) is 24.3. The zero-order valence-corrected chi connectivity index (χ0v) is 22.1. The Hall–Kier alpha value is -3.17. The summed E-state index contributed by atoms with van der Waals surface area (Å²) < 4.78 is 11.1. The Balaban J connectivity index is 1.21. The summed E-state index contributed by atoms with van der Waals surface area (Å²) in [7, 11) is 0. The predicted molar refractivity (Wildman–Crippen MR) is 141 cm³/mol. The molecular weight excluding hydrogens is 478 g/mol. The summed E-state index contributed by atoms with van der Waals surface area (Å²) in [5, 5.41) is 21.4. The maximum atomic E-state index is 12.8. The fourth-order valence-corrected chi connectivity index (χ4v) is 8.75. The number of allylic oxidation sites excluding steroid dienone is 1. The third-order valence-corrected chi connectivity index (χ3v) is 10.9. The first-order valence-electron chi connectivity index (χ1n) is 13.9. The van der Waals surface area contributed by atoms with Crippen LogP contribution in [-0.2, 0) is 4.74 Å². The van der Waals surface area contributed by atoms with E-state index < -0.39 is 5.60 Å². The third kappa shape index (κ3) is 3.70. The van der Waals surface area contributed by atoms with Crippen molar-refractivity contribution in [2.24, 2.45) is 22.7 Å². The number of nitrogens with zero attached hydrogens (tertiary/aromatic N) is 1. The predicted octanol–water partition coefficient (Wildman–Crippen LogP) is 5.90. The fraction of sp³-hybridized carbons (Fsp3) is 0.531. The van der Waals surface area contributed by atoms with E-state index in [1.54, 1.807) is 30.5 Å². The molecule has 0 spiro atoms. The van der Waals surface area contributed by atoms with E-state index in [4.69, 9.17) is 14.4 Å². The molecule has 1 aromatic carbocycles. The van der Waals surface area contributed by atoms with E-state index in [1.807, 2.05) is 6.07 Å². The highest BCUT2D eigenvalue weighted by atomic mass is 16.5. The number of carbonyl (C=O) groups excluding carboxylic acids is 1. The molecule has 3 saturated carbocycles. The molecule has 0 saturated heterocycles. The molecule has 6 heteroatoms. The van der Waals surface area contributed by atoms with Crippen molar-refractivity contribution in [1.82, 2.24) is 0 Å². The van der Waals surface area contributed by atoms with Crippen molar-refractivity contribution >= 4 is 5.97 Å². The van der Waals surface area contributed by atoms with Crippen LogP contribution < -0.4 is 5.63 Å². The molecule has 7 atom stereocenters. The van der Waals surface area contributed by atoms with E-state index >= 15 is 0 Å². The second-order valence-corrected chi connectivity index (χ2v) is 12.4. The van der Waals surface area contributed by atoms with E-state index in [9.17, 15) is 14.7 Å². The van der Waals surface area contributed by atoms with Crippen LogP contribution >= 0.6 is 0 Å². The standard InChI is InChI=1S/C32H35NO5/c1-30-14-11-24(38-29(35)21-5-3-20(18-33)4-6-21)17-23(30)8-9-27-26(30)12-15-31(2)25(13-16-32(27,31)36)22-7-10-28(34)37-19-22/h3-7,10,17,19,24-27,36H,8-9,11-16H2,1-2H3/t24-,25+,26?,27?,30-,31+,32-/m0/s1. The summed E-state index contributed by atoms with van der Waals surface area (Å²) in [6.07, 6.45) is 10.7. The van der Waals surface area contributed by atoms with Crippen LogP contribution in [0.2, 0.25) is 0 Å². The van der Waals surface area contributed by atoms with Crippen molar-refractivity contribution in [3.63, 3.8) is 0 Å². The van der Waals surface area contributed by atoms with Gasteiger partial charge in [-0.15, -0.1) is 0 Å². The highest BCUT2D eigenvalue weighted by Crippen LogP contribution is 2.70. The van der Waals surface area contributed by atoms with Crippen LogP contribution in [-0.4, -0.2) is 22.8 Å². The van der Waals surface area contributed by atoms with Crippen LogP contribution in [0.15, 0.2) is 63.5 Å². The van der Waals surface area contributed by atoms with E-state index in [-0.39, 0.29) is 40.4 Å². The molecule has 3 fully saturated rings. The minimum absolute atomic E-state index is 0.00501. The highest BCUT2D eigenvalue weighted by molar-refractivity contribution is 5.89. The smallest absolute Gasteiger partial charge is 0.338 e. The Morgan fingerprint density at radius 1 is 1.03 bits per heavy atom. The van der Waals surface area contributed by atoms with Gasteiger partial charge in [0.1, 0.15) is 6.10 Å². The molecule has 6 nitrogen and oxygen atoms in total. The summed E-state index contributed by atoms with van der Waals surface area (Å²) in [5.41, 5.74) is 2.03. The molecule has 0 aliphatic heterocycles. The molecular formula is C32H35NO5. The number of hydrogen-bond donors (Lipinski definition) is 1. The maximum absolute atomic E-state index is 12.8. The molecule has 198 valence electrons. The van der Waals surface area contributed by atoms with Gasteiger partial charge in [0.15, 0.2) is 0 Å². The van der Waals surface area contributed by atoms with Crippen LogP contribution in [0.4, 0.5) is 0 Å². The Bertz CT molecular complexity index is 1370. The van der Waals surface area contributed by atoms with Gasteiger partial charge in [-0.2, -0.15) is 5.26 Å². The topological polar surface area (TPSA) is 101 Å². The summed E-state index contributed by atoms with van der Waals surface area (Å²) >= 11 is 0. The fourth-order valence-electron chi connectivity index (χ4n) is 8.75. The third-order valence-electron chi connectivity index (χ3n) is 10.9. The average molecular weight is 514 g/mol. The lowest BCUT2D eigenvalue weighted by atomic mass is 9.45. The summed E-state index contributed by atoms with van der Waals surface area (Å²) in [6.45, 7) is 4.61. The van der Waals surface area contributed by atoms with Gasteiger partial charge in [0.25, 0.3) is 0 Å². The quantitative estimate of drug-likeness (QED) is 0.405. The molecule has 1 heterocycles. The SMILES string of the molecule is C[C@]12CC[C@H](OC(=O)c3ccc(C#N)cc3)C=C1CCC1C2CC[C@]2(C)[C@@H](c3ccc(=O)oc3)CC[C@]12O. The first-order valence-corrected chi connectivity index (χ1v) is 13.9.